The molecule has 0 amide bonds. The van der Waals surface area contributed by atoms with Gasteiger partial charge in [-0.1, -0.05) is 345 Å². The van der Waals surface area contributed by atoms with Gasteiger partial charge in [0.1, 0.15) is 0 Å². The SMILES string of the molecule is CCCCCCCCCCCCCCCCCCCCCCCCC=Cc1ccc(N=CC(CCCC)=Nc2ccc(C=CCCCCCCCCCCCCCCCCCCCCCCCC)cc2)cc1. The van der Waals surface area contributed by atoms with Gasteiger partial charge in [-0.15, -0.1) is 0 Å². The topological polar surface area (TPSA) is 24.7 Å². The summed E-state index contributed by atoms with van der Waals surface area (Å²) in [6.07, 6.45) is 80.2. The van der Waals surface area contributed by atoms with Gasteiger partial charge in [-0.05, 0) is 73.9 Å². The molecule has 0 saturated carbocycles. The number of rotatable bonds is 54. The monoisotopic (exact) mass is 989 g/mol. The van der Waals surface area contributed by atoms with Crippen LogP contribution < -0.4 is 0 Å². The van der Waals surface area contributed by atoms with Crippen molar-refractivity contribution >= 4 is 35.5 Å². The molecule has 0 fully saturated rings. The van der Waals surface area contributed by atoms with E-state index in [4.69, 9.17) is 9.98 Å². The summed E-state index contributed by atoms with van der Waals surface area (Å²) in [5, 5.41) is 0. The predicted octanol–water partition coefficient (Wildman–Crippen LogP) is 25.4. The minimum absolute atomic E-state index is 0.946. The van der Waals surface area contributed by atoms with E-state index >= 15 is 0 Å². The predicted molar refractivity (Wildman–Crippen MR) is 329 cm³/mol. The van der Waals surface area contributed by atoms with Crippen molar-refractivity contribution < 1.29 is 0 Å². The third kappa shape index (κ3) is 43.6. The highest BCUT2D eigenvalue weighted by Crippen LogP contribution is 2.21. The van der Waals surface area contributed by atoms with Gasteiger partial charge >= 0.3 is 0 Å². The highest BCUT2D eigenvalue weighted by atomic mass is 14.8. The van der Waals surface area contributed by atoms with Crippen molar-refractivity contribution in [1.82, 2.24) is 0 Å². The third-order valence-electron chi connectivity index (χ3n) is 15.3. The Balaban J connectivity index is 1.46. The van der Waals surface area contributed by atoms with Gasteiger partial charge in [0, 0.05) is 6.21 Å². The summed E-state index contributed by atoms with van der Waals surface area (Å²) >= 11 is 0. The molecule has 2 aromatic carbocycles. The molecule has 0 aliphatic heterocycles. The first-order chi connectivity index (χ1) is 35.7. The Bertz CT molecular complexity index is 1510. The lowest BCUT2D eigenvalue weighted by molar-refractivity contribution is 0.519. The normalized spacial score (nSPS) is 12.2. The van der Waals surface area contributed by atoms with E-state index in [1.165, 1.54) is 306 Å². The minimum Gasteiger partial charge on any atom is -0.255 e. The first kappa shape index (κ1) is 65.4. The molecule has 72 heavy (non-hydrogen) atoms. The molecule has 0 N–H and O–H groups in total. The Morgan fingerprint density at radius 2 is 0.542 bits per heavy atom. The summed E-state index contributed by atoms with van der Waals surface area (Å²) in [7, 11) is 0. The number of benzene rings is 2. The molecular weight excluding hydrogens is 869 g/mol. The molecule has 0 aromatic heterocycles. The van der Waals surface area contributed by atoms with Crippen LogP contribution in [0.4, 0.5) is 11.4 Å². The van der Waals surface area contributed by atoms with Crippen LogP contribution >= 0.6 is 0 Å². The molecule has 2 aromatic rings. The molecule has 0 bridgehead atoms. The fourth-order valence-electron chi connectivity index (χ4n) is 10.3. The molecule has 0 radical (unpaired) electrons. The summed E-state index contributed by atoms with van der Waals surface area (Å²) in [5.41, 5.74) is 5.57. The lowest BCUT2D eigenvalue weighted by Crippen LogP contribution is -1.99. The summed E-state index contributed by atoms with van der Waals surface area (Å²) in [4.78, 5) is 9.86. The van der Waals surface area contributed by atoms with Crippen LogP contribution in [0.5, 0.6) is 0 Å². The average Bonchev–Trinajstić information content (AvgIpc) is 3.40. The van der Waals surface area contributed by atoms with E-state index < -0.39 is 0 Å². The number of nitrogens with zero attached hydrogens (tertiary/aromatic N) is 2. The fourth-order valence-corrected chi connectivity index (χ4v) is 10.3. The molecule has 0 atom stereocenters. The van der Waals surface area contributed by atoms with Gasteiger partial charge in [-0.3, -0.25) is 9.98 Å². The molecule has 410 valence electrons. The second kappa shape index (κ2) is 53.1. The van der Waals surface area contributed by atoms with Crippen molar-refractivity contribution in [1.29, 1.82) is 0 Å². The maximum Gasteiger partial charge on any atom is 0.0634 e. The number of hydrogen-bond donors (Lipinski definition) is 0. The zero-order chi connectivity index (χ0) is 51.1. The Morgan fingerprint density at radius 3 is 0.819 bits per heavy atom. The fraction of sp³-hybridized carbons (Fsp3) is 0.743. The number of allylic oxidation sites excluding steroid dienone is 2. The number of unbranched alkanes of at least 4 members (excludes halogenated alkanes) is 45. The molecule has 2 heteroatoms. The largest absolute Gasteiger partial charge is 0.255 e. The van der Waals surface area contributed by atoms with Crippen molar-refractivity contribution in [3.05, 3.63) is 71.8 Å². The van der Waals surface area contributed by atoms with E-state index in [0.717, 1.165) is 36.3 Å². The number of hydrogen-bond acceptors (Lipinski definition) is 2. The molecule has 0 aliphatic carbocycles. The Labute approximate surface area is 450 Å². The van der Waals surface area contributed by atoms with Crippen LogP contribution in [0, 0.1) is 0 Å². The highest BCUT2D eigenvalue weighted by Gasteiger charge is 2.01. The molecule has 0 saturated heterocycles. The first-order valence-corrected chi connectivity index (χ1v) is 32.4. The molecule has 0 unspecified atom stereocenters. The average molecular weight is 990 g/mol. The second-order valence-corrected chi connectivity index (χ2v) is 22.4. The standard InChI is InChI=1S/C70H120N2/c1-4-7-10-12-14-16-18-20-22-24-26-28-30-32-34-36-38-40-42-44-46-48-50-52-54-66-57-61-68(62-58-66)71-65-70(56-9-6-3)72-69-63-59-67(60-64-69)55-53-51-49-47-45-43-41-39-37-35-33-31-29-27-25-23-21-19-17-15-13-11-8-5-2/h52-55,57-65H,4-51,56H2,1-3H3. The van der Waals surface area contributed by atoms with Crippen molar-refractivity contribution in [3.63, 3.8) is 0 Å². The van der Waals surface area contributed by atoms with Crippen molar-refractivity contribution in [2.24, 2.45) is 9.98 Å². The second-order valence-electron chi connectivity index (χ2n) is 22.4. The Hall–Kier alpha value is -2.74. The Morgan fingerprint density at radius 1 is 0.292 bits per heavy atom. The minimum atomic E-state index is 0.946. The maximum absolute atomic E-state index is 5.02. The highest BCUT2D eigenvalue weighted by molar-refractivity contribution is 6.31. The van der Waals surface area contributed by atoms with Crippen LogP contribution in [0.2, 0.25) is 0 Å². The van der Waals surface area contributed by atoms with Crippen LogP contribution in [0.1, 0.15) is 347 Å². The molecule has 0 spiro atoms. The van der Waals surface area contributed by atoms with E-state index in [0.29, 0.717) is 0 Å². The van der Waals surface area contributed by atoms with Crippen LogP contribution in [0.15, 0.2) is 70.7 Å². The van der Waals surface area contributed by atoms with E-state index in [1.807, 2.05) is 6.21 Å². The lowest BCUT2D eigenvalue weighted by Gasteiger charge is -2.04. The number of aliphatic imine (C=N–C) groups is 2. The zero-order valence-corrected chi connectivity index (χ0v) is 48.5. The maximum atomic E-state index is 5.02. The van der Waals surface area contributed by atoms with Crippen molar-refractivity contribution in [2.45, 2.75) is 335 Å². The van der Waals surface area contributed by atoms with Crippen molar-refractivity contribution in [2.75, 3.05) is 0 Å². The van der Waals surface area contributed by atoms with E-state index in [2.05, 4.69) is 93.6 Å². The van der Waals surface area contributed by atoms with Crippen molar-refractivity contribution in [3.8, 4) is 0 Å². The summed E-state index contributed by atoms with van der Waals surface area (Å²) in [6, 6.07) is 17.4. The molecule has 2 rings (SSSR count). The van der Waals surface area contributed by atoms with Crippen LogP contribution in [0.3, 0.4) is 0 Å². The van der Waals surface area contributed by atoms with E-state index in [9.17, 15) is 0 Å². The summed E-state index contributed by atoms with van der Waals surface area (Å²) < 4.78 is 0. The lowest BCUT2D eigenvalue weighted by atomic mass is 10.0. The Kier molecular flexibility index (Phi) is 48.2. The van der Waals surface area contributed by atoms with Gasteiger partial charge in [0.2, 0.25) is 0 Å². The quantitative estimate of drug-likeness (QED) is 0.0466. The van der Waals surface area contributed by atoms with Gasteiger partial charge in [0.25, 0.3) is 0 Å². The molecule has 0 heterocycles. The molecule has 0 aliphatic rings. The first-order valence-electron chi connectivity index (χ1n) is 32.4. The zero-order valence-electron chi connectivity index (χ0n) is 48.5. The van der Waals surface area contributed by atoms with Crippen LogP contribution in [-0.4, -0.2) is 11.9 Å². The summed E-state index contributed by atoms with van der Waals surface area (Å²) in [6.45, 7) is 6.86. The van der Waals surface area contributed by atoms with Gasteiger partial charge in [0.05, 0.1) is 17.1 Å². The smallest absolute Gasteiger partial charge is 0.0634 e. The van der Waals surface area contributed by atoms with E-state index in [-0.39, 0.29) is 0 Å². The van der Waals surface area contributed by atoms with Gasteiger partial charge in [-0.2, -0.15) is 0 Å². The third-order valence-corrected chi connectivity index (χ3v) is 15.3. The van der Waals surface area contributed by atoms with Gasteiger partial charge < -0.3 is 0 Å². The van der Waals surface area contributed by atoms with Gasteiger partial charge in [-0.25, -0.2) is 0 Å². The summed E-state index contributed by atoms with van der Waals surface area (Å²) in [5.74, 6) is 0. The molecule has 2 nitrogen and oxygen atoms in total. The van der Waals surface area contributed by atoms with Gasteiger partial charge in [0.15, 0.2) is 0 Å². The van der Waals surface area contributed by atoms with Crippen LogP contribution in [0.25, 0.3) is 12.2 Å². The van der Waals surface area contributed by atoms with E-state index in [1.54, 1.807) is 0 Å². The molecular formula is C70H120N2. The van der Waals surface area contributed by atoms with Crippen LogP contribution in [-0.2, 0) is 0 Å².